The highest BCUT2D eigenvalue weighted by molar-refractivity contribution is 7.89. The number of benzene rings is 2. The van der Waals surface area contributed by atoms with Crippen LogP contribution in [0.15, 0.2) is 59.5 Å². The van der Waals surface area contributed by atoms with Gasteiger partial charge >= 0.3 is 5.97 Å². The van der Waals surface area contributed by atoms with Crippen LogP contribution in [0.4, 0.5) is 0 Å². The molecule has 2 aliphatic rings. The van der Waals surface area contributed by atoms with E-state index in [1.54, 1.807) is 16.4 Å². The minimum Gasteiger partial charge on any atom is -0.466 e. The lowest BCUT2D eigenvalue weighted by molar-refractivity contribution is -0.145. The van der Waals surface area contributed by atoms with E-state index >= 15 is 0 Å². The molecule has 6 heteroatoms. The Labute approximate surface area is 217 Å². The van der Waals surface area contributed by atoms with Gasteiger partial charge in [-0.2, -0.15) is 4.31 Å². The Morgan fingerprint density at radius 2 is 1.75 bits per heavy atom. The first kappa shape index (κ1) is 26.9. The molecule has 1 aliphatic heterocycles. The number of esters is 1. The molecule has 196 valence electrons. The summed E-state index contributed by atoms with van der Waals surface area (Å²) in [7, 11) is -3.59. The third kappa shape index (κ3) is 5.86. The Balaban J connectivity index is 1.58. The maximum absolute atomic E-state index is 13.8. The van der Waals surface area contributed by atoms with Crippen LogP contribution < -0.4 is 0 Å². The predicted molar refractivity (Wildman–Crippen MR) is 143 cm³/mol. The summed E-state index contributed by atoms with van der Waals surface area (Å²) in [5.41, 5.74) is 2.23. The van der Waals surface area contributed by atoms with Gasteiger partial charge in [0.25, 0.3) is 0 Å². The molecular weight excluding hydrogens is 470 g/mol. The Morgan fingerprint density at radius 3 is 2.39 bits per heavy atom. The Hall–Kier alpha value is -2.18. The van der Waals surface area contributed by atoms with Gasteiger partial charge in [0, 0.05) is 19.5 Å². The normalized spacial score (nSPS) is 25.2. The van der Waals surface area contributed by atoms with E-state index in [0.717, 1.165) is 37.7 Å². The number of hydrogen-bond donors (Lipinski definition) is 0. The Bertz CT molecular complexity index is 1140. The van der Waals surface area contributed by atoms with Crippen LogP contribution in [0.2, 0.25) is 0 Å². The van der Waals surface area contributed by atoms with Crippen molar-refractivity contribution in [1.29, 1.82) is 0 Å². The molecular formula is C30H41NO4S. The van der Waals surface area contributed by atoms with Crippen LogP contribution in [0.3, 0.4) is 0 Å². The van der Waals surface area contributed by atoms with Crippen LogP contribution in [-0.2, 0) is 31.4 Å². The summed E-state index contributed by atoms with van der Waals surface area (Å²) in [4.78, 5) is 12.5. The molecule has 2 fully saturated rings. The molecule has 1 unspecified atom stereocenters. The first-order valence-corrected chi connectivity index (χ1v) is 14.8. The number of hydrogen-bond acceptors (Lipinski definition) is 4. The fourth-order valence-corrected chi connectivity index (χ4v) is 7.79. The number of fused-ring (bicyclic) bond motifs is 1. The van der Waals surface area contributed by atoms with Gasteiger partial charge < -0.3 is 4.74 Å². The smallest absolute Gasteiger partial charge is 0.306 e. The van der Waals surface area contributed by atoms with Gasteiger partial charge in [-0.3, -0.25) is 4.79 Å². The van der Waals surface area contributed by atoms with Crippen molar-refractivity contribution >= 4 is 16.0 Å². The molecule has 0 spiro atoms. The Morgan fingerprint density at radius 1 is 1.06 bits per heavy atom. The van der Waals surface area contributed by atoms with E-state index in [-0.39, 0.29) is 16.8 Å². The first-order chi connectivity index (χ1) is 17.0. The lowest BCUT2D eigenvalue weighted by Crippen LogP contribution is -2.54. The SMILES string of the molecule is CCOC(=O)C[C@H]1CCC2(Cc3ccccc3)CN(S(=O)(=O)c3ccc(C(C)(C)C)cc3)CC[C@H]2C1. The summed E-state index contributed by atoms with van der Waals surface area (Å²) in [6.07, 6.45) is 4.96. The number of piperidine rings is 1. The first-order valence-electron chi connectivity index (χ1n) is 13.3. The molecule has 2 aromatic rings. The molecule has 5 nitrogen and oxygen atoms in total. The molecule has 0 amide bonds. The van der Waals surface area contributed by atoms with E-state index < -0.39 is 10.0 Å². The third-order valence-corrected chi connectivity index (χ3v) is 10.1. The average Bonchev–Trinajstić information content (AvgIpc) is 2.84. The molecule has 3 atom stereocenters. The van der Waals surface area contributed by atoms with Crippen LogP contribution in [0, 0.1) is 17.3 Å². The molecule has 1 saturated heterocycles. The van der Waals surface area contributed by atoms with Crippen molar-refractivity contribution in [1.82, 2.24) is 4.31 Å². The van der Waals surface area contributed by atoms with Crippen molar-refractivity contribution < 1.29 is 17.9 Å². The molecule has 0 N–H and O–H groups in total. The maximum Gasteiger partial charge on any atom is 0.306 e. The van der Waals surface area contributed by atoms with Crippen LogP contribution in [0.5, 0.6) is 0 Å². The molecule has 0 bridgehead atoms. The molecule has 4 rings (SSSR count). The zero-order valence-corrected chi connectivity index (χ0v) is 23.0. The quantitative estimate of drug-likeness (QED) is 0.429. The average molecular weight is 512 g/mol. The minimum atomic E-state index is -3.59. The van der Waals surface area contributed by atoms with E-state index in [9.17, 15) is 13.2 Å². The van der Waals surface area contributed by atoms with Crippen LogP contribution >= 0.6 is 0 Å². The van der Waals surface area contributed by atoms with Crippen molar-refractivity contribution in [2.45, 2.75) is 76.5 Å². The largest absolute Gasteiger partial charge is 0.466 e. The van der Waals surface area contributed by atoms with E-state index in [0.29, 0.717) is 42.8 Å². The van der Waals surface area contributed by atoms with Gasteiger partial charge in [0.1, 0.15) is 0 Å². The summed E-state index contributed by atoms with van der Waals surface area (Å²) >= 11 is 0. The highest BCUT2D eigenvalue weighted by atomic mass is 32.2. The van der Waals surface area contributed by atoms with Crippen molar-refractivity contribution in [2.24, 2.45) is 17.3 Å². The van der Waals surface area contributed by atoms with Crippen LogP contribution in [-0.4, -0.2) is 38.4 Å². The summed E-state index contributed by atoms with van der Waals surface area (Å²) in [5.74, 6) is 0.587. The van der Waals surface area contributed by atoms with Crippen molar-refractivity contribution in [2.75, 3.05) is 19.7 Å². The number of nitrogens with zero attached hydrogens (tertiary/aromatic N) is 1. The Kier molecular flexibility index (Phi) is 7.96. The maximum atomic E-state index is 13.8. The monoisotopic (exact) mass is 511 g/mol. The minimum absolute atomic E-state index is 0.0252. The number of rotatable bonds is 7. The molecule has 36 heavy (non-hydrogen) atoms. The standard InChI is InChI=1S/C30H41NO4S/c1-5-35-28(32)20-24-15-17-30(21-23-9-7-6-8-10-23)22-31(18-16-26(30)19-24)36(33,34)27-13-11-25(12-14-27)29(2,3)4/h6-14,24,26H,5,15-22H2,1-4H3/t24-,26-,30?/m0/s1. The number of ether oxygens (including phenoxy) is 1. The second-order valence-electron chi connectivity index (χ2n) is 11.8. The van der Waals surface area contributed by atoms with E-state index in [1.165, 1.54) is 5.56 Å². The molecule has 0 aromatic heterocycles. The van der Waals surface area contributed by atoms with Crippen molar-refractivity contribution in [3.05, 3.63) is 65.7 Å². The van der Waals surface area contributed by atoms with Gasteiger partial charge in [0.15, 0.2) is 0 Å². The summed E-state index contributed by atoms with van der Waals surface area (Å²) in [5, 5.41) is 0. The molecule has 1 saturated carbocycles. The zero-order chi connectivity index (χ0) is 26.0. The molecule has 0 radical (unpaired) electrons. The van der Waals surface area contributed by atoms with Gasteiger partial charge in [-0.25, -0.2) is 8.42 Å². The predicted octanol–water partition coefficient (Wildman–Crippen LogP) is 5.98. The van der Waals surface area contributed by atoms with Crippen molar-refractivity contribution in [3.8, 4) is 0 Å². The second-order valence-corrected chi connectivity index (χ2v) is 13.7. The van der Waals surface area contributed by atoms with E-state index in [2.05, 4.69) is 45.0 Å². The number of carbonyl (C=O) groups is 1. The van der Waals surface area contributed by atoms with Crippen molar-refractivity contribution in [3.63, 3.8) is 0 Å². The summed E-state index contributed by atoms with van der Waals surface area (Å²) < 4.78 is 34.5. The summed E-state index contributed by atoms with van der Waals surface area (Å²) in [6, 6.07) is 17.9. The van der Waals surface area contributed by atoms with E-state index in [1.807, 2.05) is 25.1 Å². The van der Waals surface area contributed by atoms with Gasteiger partial charge in [-0.1, -0.05) is 63.2 Å². The topological polar surface area (TPSA) is 63.7 Å². The second kappa shape index (κ2) is 10.7. The number of carbonyl (C=O) groups excluding carboxylic acids is 1. The van der Waals surface area contributed by atoms with Gasteiger partial charge in [0.05, 0.1) is 11.5 Å². The summed E-state index contributed by atoms with van der Waals surface area (Å²) in [6.45, 7) is 9.71. The van der Waals surface area contributed by atoms with Crippen LogP contribution in [0.25, 0.3) is 0 Å². The van der Waals surface area contributed by atoms with Crippen LogP contribution in [0.1, 0.15) is 70.9 Å². The fourth-order valence-electron chi connectivity index (χ4n) is 6.24. The highest BCUT2D eigenvalue weighted by Crippen LogP contribution is 2.51. The molecule has 1 heterocycles. The van der Waals surface area contributed by atoms with Gasteiger partial charge in [-0.05, 0) is 85.0 Å². The van der Waals surface area contributed by atoms with Gasteiger partial charge in [-0.15, -0.1) is 0 Å². The van der Waals surface area contributed by atoms with E-state index in [4.69, 9.17) is 4.74 Å². The molecule has 2 aromatic carbocycles. The fraction of sp³-hybridized carbons (Fsp3) is 0.567. The number of sulfonamides is 1. The third-order valence-electron chi connectivity index (χ3n) is 8.27. The zero-order valence-electron chi connectivity index (χ0n) is 22.2. The lowest BCUT2D eigenvalue weighted by Gasteiger charge is -2.52. The van der Waals surface area contributed by atoms with Gasteiger partial charge in [0.2, 0.25) is 10.0 Å². The molecule has 1 aliphatic carbocycles. The highest BCUT2D eigenvalue weighted by Gasteiger charge is 2.49. The lowest BCUT2D eigenvalue weighted by atomic mass is 9.58.